The van der Waals surface area contributed by atoms with E-state index in [0.717, 1.165) is 21.1 Å². The molecular formula is C16H21BrN2O2. The Labute approximate surface area is 133 Å². The second-order valence-corrected chi connectivity index (χ2v) is 6.13. The Kier molecular flexibility index (Phi) is 4.71. The van der Waals surface area contributed by atoms with E-state index < -0.39 is 5.41 Å². The molecule has 0 saturated carbocycles. The van der Waals surface area contributed by atoms with Gasteiger partial charge in [0.25, 0.3) is 0 Å². The lowest BCUT2D eigenvalue weighted by molar-refractivity contribution is -0.150. The highest BCUT2D eigenvalue weighted by Gasteiger charge is 2.41. The van der Waals surface area contributed by atoms with Crippen LogP contribution in [0.5, 0.6) is 0 Å². The van der Waals surface area contributed by atoms with Crippen molar-refractivity contribution in [1.82, 2.24) is 9.97 Å². The first-order valence-corrected chi connectivity index (χ1v) is 8.11. The van der Waals surface area contributed by atoms with Gasteiger partial charge in [0.15, 0.2) is 0 Å². The van der Waals surface area contributed by atoms with E-state index in [4.69, 9.17) is 9.72 Å². The van der Waals surface area contributed by atoms with Gasteiger partial charge in [-0.1, -0.05) is 29.8 Å². The molecular weight excluding hydrogens is 332 g/mol. The van der Waals surface area contributed by atoms with Crippen molar-refractivity contribution in [2.45, 2.75) is 46.0 Å². The zero-order valence-corrected chi connectivity index (χ0v) is 14.5. The number of aromatic amines is 1. The molecule has 0 fully saturated rings. The standard InChI is InChI=1S/C16H21BrN2O2/c1-5-16(6-2,15(20)21-7-3)14-18-12-9-11(17)8-10(4)13(12)19-14/h8-9H,5-7H2,1-4H3,(H,18,19). The largest absolute Gasteiger partial charge is 0.465 e. The third kappa shape index (κ3) is 2.71. The summed E-state index contributed by atoms with van der Waals surface area (Å²) in [5, 5.41) is 0. The Morgan fingerprint density at radius 2 is 2.00 bits per heavy atom. The summed E-state index contributed by atoms with van der Waals surface area (Å²) in [5.41, 5.74) is 2.22. The number of benzene rings is 1. The van der Waals surface area contributed by atoms with E-state index in [0.29, 0.717) is 25.3 Å². The number of H-pyrrole nitrogens is 1. The lowest BCUT2D eigenvalue weighted by Crippen LogP contribution is -2.37. The first-order valence-electron chi connectivity index (χ1n) is 7.32. The number of halogens is 1. The SMILES string of the molecule is CCOC(=O)C(CC)(CC)c1nc2c(C)cc(Br)cc2[nH]1. The van der Waals surface area contributed by atoms with Crippen molar-refractivity contribution >= 4 is 32.9 Å². The number of fused-ring (bicyclic) bond motifs is 1. The Balaban J connectivity index is 2.60. The Bertz CT molecular complexity index is 660. The number of rotatable bonds is 5. The molecule has 0 radical (unpaired) electrons. The van der Waals surface area contributed by atoms with Gasteiger partial charge < -0.3 is 9.72 Å². The van der Waals surface area contributed by atoms with Gasteiger partial charge in [0.2, 0.25) is 0 Å². The number of esters is 1. The summed E-state index contributed by atoms with van der Waals surface area (Å²) in [6, 6.07) is 4.01. The summed E-state index contributed by atoms with van der Waals surface area (Å²) in [4.78, 5) is 20.5. The summed E-state index contributed by atoms with van der Waals surface area (Å²) >= 11 is 3.49. The van der Waals surface area contributed by atoms with Gasteiger partial charge >= 0.3 is 5.97 Å². The molecule has 0 bridgehead atoms. The minimum atomic E-state index is -0.700. The zero-order valence-electron chi connectivity index (χ0n) is 12.9. The van der Waals surface area contributed by atoms with Gasteiger partial charge in [-0.15, -0.1) is 0 Å². The van der Waals surface area contributed by atoms with Gasteiger partial charge in [0.1, 0.15) is 11.2 Å². The molecule has 0 aliphatic heterocycles. The van der Waals surface area contributed by atoms with Gasteiger partial charge in [-0.2, -0.15) is 0 Å². The molecule has 0 atom stereocenters. The van der Waals surface area contributed by atoms with E-state index in [2.05, 4.69) is 20.9 Å². The number of ether oxygens (including phenoxy) is 1. The minimum absolute atomic E-state index is 0.203. The van der Waals surface area contributed by atoms with E-state index in [1.807, 2.05) is 39.8 Å². The van der Waals surface area contributed by atoms with Crippen LogP contribution < -0.4 is 0 Å². The Morgan fingerprint density at radius 1 is 1.33 bits per heavy atom. The van der Waals surface area contributed by atoms with Gasteiger partial charge in [0, 0.05) is 4.47 Å². The average molecular weight is 353 g/mol. The number of carbonyl (C=O) groups excluding carboxylic acids is 1. The Morgan fingerprint density at radius 3 is 2.57 bits per heavy atom. The van der Waals surface area contributed by atoms with Crippen LogP contribution >= 0.6 is 15.9 Å². The van der Waals surface area contributed by atoms with Gasteiger partial charge in [-0.3, -0.25) is 4.79 Å². The molecule has 1 aromatic heterocycles. The average Bonchev–Trinajstić information content (AvgIpc) is 2.85. The number of imidazole rings is 1. The first-order chi connectivity index (χ1) is 9.98. The van der Waals surface area contributed by atoms with Gasteiger partial charge in [-0.25, -0.2) is 4.98 Å². The Hall–Kier alpha value is -1.36. The van der Waals surface area contributed by atoms with Crippen LogP contribution in [0.25, 0.3) is 11.0 Å². The van der Waals surface area contributed by atoms with Crippen molar-refractivity contribution in [2.75, 3.05) is 6.61 Å². The molecule has 2 aromatic rings. The maximum absolute atomic E-state index is 12.5. The molecule has 1 heterocycles. The molecule has 1 N–H and O–H groups in total. The number of hydrogen-bond acceptors (Lipinski definition) is 3. The van der Waals surface area contributed by atoms with Crippen molar-refractivity contribution < 1.29 is 9.53 Å². The fourth-order valence-electron chi connectivity index (χ4n) is 2.71. The van der Waals surface area contributed by atoms with Crippen molar-refractivity contribution in [2.24, 2.45) is 0 Å². The van der Waals surface area contributed by atoms with Crippen LogP contribution in [0.1, 0.15) is 45.0 Å². The number of aryl methyl sites for hydroxylation is 1. The summed E-state index contributed by atoms with van der Waals surface area (Å²) in [6.45, 7) is 8.22. The van der Waals surface area contributed by atoms with E-state index in [1.165, 1.54) is 0 Å². The fourth-order valence-corrected chi connectivity index (χ4v) is 3.28. The van der Waals surface area contributed by atoms with Crippen molar-refractivity contribution in [3.05, 3.63) is 28.0 Å². The maximum Gasteiger partial charge on any atom is 0.319 e. The van der Waals surface area contributed by atoms with Crippen molar-refractivity contribution in [3.8, 4) is 0 Å². The minimum Gasteiger partial charge on any atom is -0.465 e. The van der Waals surface area contributed by atoms with E-state index in [9.17, 15) is 4.79 Å². The van der Waals surface area contributed by atoms with Crippen LogP contribution in [0.4, 0.5) is 0 Å². The number of carbonyl (C=O) groups is 1. The first kappa shape index (κ1) is 16.0. The lowest BCUT2D eigenvalue weighted by atomic mass is 9.81. The van der Waals surface area contributed by atoms with Gasteiger partial charge in [0.05, 0.1) is 17.6 Å². The highest BCUT2D eigenvalue weighted by molar-refractivity contribution is 9.10. The fraction of sp³-hybridized carbons (Fsp3) is 0.500. The molecule has 0 spiro atoms. The third-order valence-corrected chi connectivity index (χ3v) is 4.53. The maximum atomic E-state index is 12.5. The number of nitrogens with zero attached hydrogens (tertiary/aromatic N) is 1. The molecule has 0 unspecified atom stereocenters. The van der Waals surface area contributed by atoms with Gasteiger partial charge in [-0.05, 0) is 44.4 Å². The quantitative estimate of drug-likeness (QED) is 0.818. The zero-order chi connectivity index (χ0) is 15.6. The molecule has 4 nitrogen and oxygen atoms in total. The van der Waals surface area contributed by atoms with Crippen LogP contribution in [0.3, 0.4) is 0 Å². The number of hydrogen-bond donors (Lipinski definition) is 1. The summed E-state index contributed by atoms with van der Waals surface area (Å²) < 4.78 is 6.28. The smallest absolute Gasteiger partial charge is 0.319 e. The molecule has 0 saturated heterocycles. The van der Waals surface area contributed by atoms with Crippen LogP contribution in [0, 0.1) is 6.92 Å². The molecule has 2 rings (SSSR count). The number of nitrogens with one attached hydrogen (secondary N) is 1. The second kappa shape index (κ2) is 6.18. The van der Waals surface area contributed by atoms with E-state index in [-0.39, 0.29) is 5.97 Å². The molecule has 114 valence electrons. The lowest BCUT2D eigenvalue weighted by Gasteiger charge is -2.26. The third-order valence-electron chi connectivity index (χ3n) is 4.07. The van der Waals surface area contributed by atoms with Crippen LogP contribution in [0.2, 0.25) is 0 Å². The molecule has 0 aliphatic carbocycles. The van der Waals surface area contributed by atoms with Crippen molar-refractivity contribution in [1.29, 1.82) is 0 Å². The molecule has 1 aromatic carbocycles. The van der Waals surface area contributed by atoms with Crippen LogP contribution in [-0.4, -0.2) is 22.5 Å². The monoisotopic (exact) mass is 352 g/mol. The summed E-state index contributed by atoms with van der Waals surface area (Å²) in [7, 11) is 0. The molecule has 0 aliphatic rings. The van der Waals surface area contributed by atoms with Crippen LogP contribution in [-0.2, 0) is 14.9 Å². The highest BCUT2D eigenvalue weighted by Crippen LogP contribution is 2.34. The topological polar surface area (TPSA) is 55.0 Å². The highest BCUT2D eigenvalue weighted by atomic mass is 79.9. The molecule has 0 amide bonds. The van der Waals surface area contributed by atoms with E-state index in [1.54, 1.807) is 0 Å². The normalized spacial score (nSPS) is 11.9. The van der Waals surface area contributed by atoms with Crippen LogP contribution in [0.15, 0.2) is 16.6 Å². The van der Waals surface area contributed by atoms with Crippen molar-refractivity contribution in [3.63, 3.8) is 0 Å². The predicted octanol–water partition coefficient (Wildman–Crippen LogP) is 4.25. The number of aromatic nitrogens is 2. The molecule has 21 heavy (non-hydrogen) atoms. The predicted molar refractivity (Wildman–Crippen MR) is 87.4 cm³/mol. The van der Waals surface area contributed by atoms with E-state index >= 15 is 0 Å². The summed E-state index contributed by atoms with van der Waals surface area (Å²) in [6.07, 6.45) is 1.31. The summed E-state index contributed by atoms with van der Waals surface area (Å²) in [5.74, 6) is 0.493. The second-order valence-electron chi connectivity index (χ2n) is 5.21. The molecule has 5 heteroatoms.